The maximum atomic E-state index is 6.02. The van der Waals surface area contributed by atoms with Crippen LogP contribution in [0.1, 0.15) is 19.4 Å². The van der Waals surface area contributed by atoms with Crippen molar-refractivity contribution in [3.63, 3.8) is 0 Å². The minimum absolute atomic E-state index is 0.617. The molecule has 98 valence electrons. The van der Waals surface area contributed by atoms with Crippen LogP contribution in [0.15, 0.2) is 18.2 Å². The first-order valence-corrected chi connectivity index (χ1v) is 6.61. The number of hydrogen-bond acceptors (Lipinski definition) is 3. The van der Waals surface area contributed by atoms with E-state index in [2.05, 4.69) is 53.4 Å². The van der Waals surface area contributed by atoms with Gasteiger partial charge in [-0.3, -0.25) is 0 Å². The lowest BCUT2D eigenvalue weighted by Crippen LogP contribution is -2.27. The normalized spacial score (nSPS) is 11.6. The number of nitrogen functional groups attached to an aromatic ring is 1. The van der Waals surface area contributed by atoms with Gasteiger partial charge in [0.2, 0.25) is 5.95 Å². The first kappa shape index (κ1) is 12.9. The van der Waals surface area contributed by atoms with E-state index in [4.69, 9.17) is 5.73 Å². The quantitative estimate of drug-likeness (QED) is 0.880. The Labute approximate surface area is 108 Å². The highest BCUT2D eigenvalue weighted by Gasteiger charge is 2.10. The molecular formula is C14H22N4. The zero-order chi connectivity index (χ0) is 13.1. The molecule has 0 fully saturated rings. The third-order valence-electron chi connectivity index (χ3n) is 3.54. The summed E-state index contributed by atoms with van der Waals surface area (Å²) in [5.41, 5.74) is 9.37. The van der Waals surface area contributed by atoms with Gasteiger partial charge in [0, 0.05) is 13.1 Å². The molecule has 0 atom stereocenters. The van der Waals surface area contributed by atoms with E-state index in [0.717, 1.165) is 37.2 Å². The van der Waals surface area contributed by atoms with Crippen LogP contribution in [0.2, 0.25) is 0 Å². The molecule has 2 aromatic rings. The number of benzene rings is 1. The molecule has 1 aromatic heterocycles. The van der Waals surface area contributed by atoms with Crippen molar-refractivity contribution in [1.82, 2.24) is 14.5 Å². The molecule has 0 aliphatic heterocycles. The van der Waals surface area contributed by atoms with Crippen LogP contribution in [0.5, 0.6) is 0 Å². The van der Waals surface area contributed by atoms with Gasteiger partial charge in [-0.1, -0.05) is 26.0 Å². The van der Waals surface area contributed by atoms with E-state index < -0.39 is 0 Å². The summed E-state index contributed by atoms with van der Waals surface area (Å²) in [6, 6.07) is 6.23. The van der Waals surface area contributed by atoms with Gasteiger partial charge in [-0.05, 0) is 31.6 Å². The summed E-state index contributed by atoms with van der Waals surface area (Å²) < 4.78 is 2.11. The van der Waals surface area contributed by atoms with Gasteiger partial charge in [0.15, 0.2) is 0 Å². The van der Waals surface area contributed by atoms with E-state index in [9.17, 15) is 0 Å². The Bertz CT molecular complexity index is 526. The van der Waals surface area contributed by atoms with Crippen molar-refractivity contribution in [2.24, 2.45) is 0 Å². The SMILES string of the molecule is CCN(CC)CCn1c(N)nc2c(C)cccc21. The number of fused-ring (bicyclic) bond motifs is 1. The molecule has 0 bridgehead atoms. The van der Waals surface area contributed by atoms with Gasteiger partial charge in [0.05, 0.1) is 11.0 Å². The molecule has 0 unspecified atom stereocenters. The van der Waals surface area contributed by atoms with Gasteiger partial charge in [-0.2, -0.15) is 0 Å². The zero-order valence-electron chi connectivity index (χ0n) is 11.5. The number of rotatable bonds is 5. The van der Waals surface area contributed by atoms with E-state index in [1.54, 1.807) is 0 Å². The van der Waals surface area contributed by atoms with Gasteiger partial charge < -0.3 is 15.2 Å². The minimum Gasteiger partial charge on any atom is -0.369 e. The molecule has 0 aliphatic carbocycles. The molecule has 0 radical (unpaired) electrons. The lowest BCUT2D eigenvalue weighted by molar-refractivity contribution is 0.292. The summed E-state index contributed by atoms with van der Waals surface area (Å²) in [5.74, 6) is 0.617. The Balaban J connectivity index is 2.28. The molecule has 1 heterocycles. The highest BCUT2D eigenvalue weighted by molar-refractivity contribution is 5.81. The highest BCUT2D eigenvalue weighted by Crippen LogP contribution is 2.20. The van der Waals surface area contributed by atoms with Crippen LogP contribution in [0.4, 0.5) is 5.95 Å². The molecule has 0 aliphatic rings. The maximum Gasteiger partial charge on any atom is 0.201 e. The van der Waals surface area contributed by atoms with Gasteiger partial charge >= 0.3 is 0 Å². The summed E-state index contributed by atoms with van der Waals surface area (Å²) >= 11 is 0. The largest absolute Gasteiger partial charge is 0.369 e. The average molecular weight is 246 g/mol. The Morgan fingerprint density at radius 2 is 2.00 bits per heavy atom. The Kier molecular flexibility index (Phi) is 3.87. The monoisotopic (exact) mass is 246 g/mol. The van der Waals surface area contributed by atoms with Crippen LogP contribution >= 0.6 is 0 Å². The molecule has 2 rings (SSSR count). The van der Waals surface area contributed by atoms with E-state index in [0.29, 0.717) is 5.95 Å². The van der Waals surface area contributed by atoms with Gasteiger partial charge in [0.25, 0.3) is 0 Å². The van der Waals surface area contributed by atoms with Crippen LogP contribution in [-0.4, -0.2) is 34.1 Å². The van der Waals surface area contributed by atoms with Crippen molar-refractivity contribution in [3.05, 3.63) is 23.8 Å². The predicted molar refractivity (Wildman–Crippen MR) is 76.7 cm³/mol. The molecule has 0 saturated carbocycles. The first-order chi connectivity index (χ1) is 8.67. The highest BCUT2D eigenvalue weighted by atomic mass is 15.2. The van der Waals surface area contributed by atoms with Gasteiger partial charge in [0.1, 0.15) is 0 Å². The molecule has 4 heteroatoms. The average Bonchev–Trinajstić information content (AvgIpc) is 2.69. The van der Waals surface area contributed by atoms with E-state index in [1.165, 1.54) is 5.56 Å². The fourth-order valence-corrected chi connectivity index (χ4v) is 2.32. The fourth-order valence-electron chi connectivity index (χ4n) is 2.32. The Hall–Kier alpha value is -1.55. The van der Waals surface area contributed by atoms with E-state index >= 15 is 0 Å². The second-order valence-corrected chi connectivity index (χ2v) is 4.59. The van der Waals surface area contributed by atoms with E-state index in [-0.39, 0.29) is 0 Å². The standard InChI is InChI=1S/C14H22N4/c1-4-17(5-2)9-10-18-12-8-6-7-11(3)13(12)16-14(18)15/h6-8H,4-5,9-10H2,1-3H3,(H2,15,16). The molecule has 4 nitrogen and oxygen atoms in total. The minimum atomic E-state index is 0.617. The van der Waals surface area contributed by atoms with Gasteiger partial charge in [-0.15, -0.1) is 0 Å². The number of nitrogens with two attached hydrogens (primary N) is 1. The third-order valence-corrected chi connectivity index (χ3v) is 3.54. The summed E-state index contributed by atoms with van der Waals surface area (Å²) in [6.45, 7) is 10.5. The summed E-state index contributed by atoms with van der Waals surface area (Å²) in [6.07, 6.45) is 0. The number of para-hydroxylation sites is 1. The van der Waals surface area contributed by atoms with Crippen LogP contribution in [0.25, 0.3) is 11.0 Å². The second kappa shape index (κ2) is 5.40. The summed E-state index contributed by atoms with van der Waals surface area (Å²) in [4.78, 5) is 6.85. The van der Waals surface area contributed by atoms with Crippen LogP contribution in [0.3, 0.4) is 0 Å². The number of hydrogen-bond donors (Lipinski definition) is 1. The fraction of sp³-hybridized carbons (Fsp3) is 0.500. The number of nitrogens with zero attached hydrogens (tertiary/aromatic N) is 3. The summed E-state index contributed by atoms with van der Waals surface area (Å²) in [7, 11) is 0. The van der Waals surface area contributed by atoms with E-state index in [1.807, 2.05) is 0 Å². The molecule has 1 aromatic carbocycles. The molecule has 0 saturated heterocycles. The Morgan fingerprint density at radius 3 is 2.67 bits per heavy atom. The second-order valence-electron chi connectivity index (χ2n) is 4.59. The lowest BCUT2D eigenvalue weighted by atomic mass is 10.2. The zero-order valence-corrected chi connectivity index (χ0v) is 11.5. The number of aryl methyl sites for hydroxylation is 1. The van der Waals surface area contributed by atoms with Crippen molar-refractivity contribution >= 4 is 17.0 Å². The number of aromatic nitrogens is 2. The first-order valence-electron chi connectivity index (χ1n) is 6.61. The van der Waals surface area contributed by atoms with Crippen molar-refractivity contribution in [2.45, 2.75) is 27.3 Å². The molecule has 0 amide bonds. The predicted octanol–water partition coefficient (Wildman–Crippen LogP) is 2.27. The molecular weight excluding hydrogens is 224 g/mol. The number of anilines is 1. The van der Waals surface area contributed by atoms with Gasteiger partial charge in [-0.25, -0.2) is 4.98 Å². The van der Waals surface area contributed by atoms with Crippen molar-refractivity contribution < 1.29 is 0 Å². The smallest absolute Gasteiger partial charge is 0.201 e. The van der Waals surface area contributed by atoms with Crippen molar-refractivity contribution in [3.8, 4) is 0 Å². The maximum absolute atomic E-state index is 6.02. The molecule has 2 N–H and O–H groups in total. The topological polar surface area (TPSA) is 47.1 Å². The summed E-state index contributed by atoms with van der Waals surface area (Å²) in [5, 5.41) is 0. The third kappa shape index (κ3) is 2.34. The van der Waals surface area contributed by atoms with Crippen molar-refractivity contribution in [2.75, 3.05) is 25.4 Å². The van der Waals surface area contributed by atoms with Crippen LogP contribution in [-0.2, 0) is 6.54 Å². The van der Waals surface area contributed by atoms with Crippen LogP contribution in [0, 0.1) is 6.92 Å². The molecule has 18 heavy (non-hydrogen) atoms. The lowest BCUT2D eigenvalue weighted by Gasteiger charge is -2.18. The van der Waals surface area contributed by atoms with Crippen LogP contribution < -0.4 is 5.73 Å². The Morgan fingerprint density at radius 1 is 1.28 bits per heavy atom. The van der Waals surface area contributed by atoms with Crippen molar-refractivity contribution in [1.29, 1.82) is 0 Å². The number of imidazole rings is 1. The molecule has 0 spiro atoms. The number of likely N-dealkylation sites (N-methyl/N-ethyl adjacent to an activating group) is 1.